The van der Waals surface area contributed by atoms with Crippen LogP contribution in [0.25, 0.3) is 0 Å². The van der Waals surface area contributed by atoms with E-state index in [2.05, 4.69) is 10.1 Å². The van der Waals surface area contributed by atoms with Crippen LogP contribution >= 0.6 is 0 Å². The van der Waals surface area contributed by atoms with Gasteiger partial charge < -0.3 is 15.0 Å². The molecule has 0 saturated heterocycles. The molecule has 0 saturated carbocycles. The molecule has 5 heteroatoms. The fourth-order valence-electron chi connectivity index (χ4n) is 1.24. The second-order valence-corrected chi connectivity index (χ2v) is 4.99. The minimum atomic E-state index is -0.226. The van der Waals surface area contributed by atoms with Crippen molar-refractivity contribution < 1.29 is 9.26 Å². The lowest BCUT2D eigenvalue weighted by Crippen LogP contribution is -2.26. The molecule has 0 bridgehead atoms. The van der Waals surface area contributed by atoms with Crippen LogP contribution in [0.15, 0.2) is 4.52 Å². The normalized spacial score (nSPS) is 14.1. The molecule has 0 fully saturated rings. The van der Waals surface area contributed by atoms with Crippen molar-refractivity contribution in [2.45, 2.75) is 39.7 Å². The van der Waals surface area contributed by atoms with Crippen molar-refractivity contribution in [3.05, 3.63) is 11.7 Å². The monoisotopic (exact) mass is 227 g/mol. The van der Waals surface area contributed by atoms with Crippen LogP contribution in [-0.4, -0.2) is 23.9 Å². The average molecular weight is 227 g/mol. The number of rotatable bonds is 5. The van der Waals surface area contributed by atoms with Crippen molar-refractivity contribution in [3.8, 4) is 0 Å². The summed E-state index contributed by atoms with van der Waals surface area (Å²) >= 11 is 0. The van der Waals surface area contributed by atoms with E-state index in [-0.39, 0.29) is 11.5 Å². The first-order valence-electron chi connectivity index (χ1n) is 5.52. The van der Waals surface area contributed by atoms with E-state index in [1.54, 1.807) is 7.11 Å². The molecule has 2 N–H and O–H groups in total. The van der Waals surface area contributed by atoms with Crippen LogP contribution < -0.4 is 5.73 Å². The Morgan fingerprint density at radius 3 is 2.69 bits per heavy atom. The van der Waals surface area contributed by atoms with Crippen molar-refractivity contribution in [2.75, 3.05) is 13.7 Å². The summed E-state index contributed by atoms with van der Waals surface area (Å²) in [6, 6.07) is -0.226. The summed E-state index contributed by atoms with van der Waals surface area (Å²) in [5, 5.41) is 3.90. The molecular formula is C11H21N3O2. The van der Waals surface area contributed by atoms with Gasteiger partial charge in [-0.2, -0.15) is 4.98 Å². The smallest absolute Gasteiger partial charge is 0.244 e. The maximum absolute atomic E-state index is 6.02. The maximum Gasteiger partial charge on any atom is 0.244 e. The number of hydrogen-bond acceptors (Lipinski definition) is 5. The number of aromatic nitrogens is 2. The van der Waals surface area contributed by atoms with E-state index < -0.39 is 0 Å². The van der Waals surface area contributed by atoms with Crippen LogP contribution in [0.4, 0.5) is 0 Å². The predicted molar refractivity (Wildman–Crippen MR) is 60.9 cm³/mol. The second-order valence-electron chi connectivity index (χ2n) is 4.99. The lowest BCUT2D eigenvalue weighted by atomic mass is 9.87. The van der Waals surface area contributed by atoms with Gasteiger partial charge in [0.2, 0.25) is 5.89 Å². The molecule has 1 aromatic rings. The Balaban J connectivity index is 2.57. The van der Waals surface area contributed by atoms with Gasteiger partial charge in [0, 0.05) is 20.1 Å². The molecule has 16 heavy (non-hydrogen) atoms. The van der Waals surface area contributed by atoms with Crippen LogP contribution in [-0.2, 0) is 11.2 Å². The molecular weight excluding hydrogens is 206 g/mol. The van der Waals surface area contributed by atoms with Crippen molar-refractivity contribution >= 4 is 0 Å². The molecule has 1 aromatic heterocycles. The third kappa shape index (κ3) is 3.57. The molecule has 0 aliphatic heterocycles. The zero-order valence-corrected chi connectivity index (χ0v) is 10.5. The van der Waals surface area contributed by atoms with Crippen molar-refractivity contribution in [1.82, 2.24) is 10.1 Å². The van der Waals surface area contributed by atoms with Crippen molar-refractivity contribution in [1.29, 1.82) is 0 Å². The van der Waals surface area contributed by atoms with Gasteiger partial charge in [0.1, 0.15) is 0 Å². The molecule has 1 rings (SSSR count). The zero-order chi connectivity index (χ0) is 12.2. The molecule has 0 radical (unpaired) electrons. The lowest BCUT2D eigenvalue weighted by molar-refractivity contribution is 0.194. The third-order valence-corrected chi connectivity index (χ3v) is 2.43. The Morgan fingerprint density at radius 1 is 1.44 bits per heavy atom. The molecule has 0 aliphatic carbocycles. The summed E-state index contributed by atoms with van der Waals surface area (Å²) in [7, 11) is 1.68. The van der Waals surface area contributed by atoms with Gasteiger partial charge in [-0.25, -0.2) is 0 Å². The highest BCUT2D eigenvalue weighted by Crippen LogP contribution is 2.29. The minimum absolute atomic E-state index is 0.0731. The van der Waals surface area contributed by atoms with Gasteiger partial charge in [0.25, 0.3) is 0 Å². The number of methoxy groups -OCH3 is 1. The van der Waals surface area contributed by atoms with Gasteiger partial charge in [-0.1, -0.05) is 25.9 Å². The Bertz CT molecular complexity index is 317. The van der Waals surface area contributed by atoms with E-state index in [0.717, 1.165) is 12.8 Å². The first-order valence-corrected chi connectivity index (χ1v) is 5.52. The van der Waals surface area contributed by atoms with Gasteiger partial charge in [0.15, 0.2) is 5.82 Å². The molecule has 0 unspecified atom stereocenters. The van der Waals surface area contributed by atoms with Gasteiger partial charge in [-0.05, 0) is 11.8 Å². The summed E-state index contributed by atoms with van der Waals surface area (Å²) in [6.45, 7) is 6.85. The predicted octanol–water partition coefficient (Wildman–Crippen LogP) is 1.69. The van der Waals surface area contributed by atoms with E-state index in [0.29, 0.717) is 18.3 Å². The van der Waals surface area contributed by atoms with E-state index >= 15 is 0 Å². The number of hydrogen-bond donors (Lipinski definition) is 1. The summed E-state index contributed by atoms with van der Waals surface area (Å²) in [6.07, 6.45) is 1.65. The molecule has 0 spiro atoms. The zero-order valence-electron chi connectivity index (χ0n) is 10.5. The summed E-state index contributed by atoms with van der Waals surface area (Å²) in [4.78, 5) is 4.29. The van der Waals surface area contributed by atoms with Crippen molar-refractivity contribution in [2.24, 2.45) is 11.1 Å². The lowest BCUT2D eigenvalue weighted by Gasteiger charge is -2.23. The highest BCUT2D eigenvalue weighted by molar-refractivity contribution is 4.96. The number of aryl methyl sites for hydroxylation is 1. The van der Waals surface area contributed by atoms with Crippen molar-refractivity contribution in [3.63, 3.8) is 0 Å². The summed E-state index contributed by atoms with van der Waals surface area (Å²) in [5.74, 6) is 1.21. The highest BCUT2D eigenvalue weighted by atomic mass is 16.5. The minimum Gasteiger partial charge on any atom is -0.385 e. The molecule has 5 nitrogen and oxygen atoms in total. The Kier molecular flexibility index (Phi) is 4.44. The molecule has 1 heterocycles. The Hall–Kier alpha value is -0.940. The first-order chi connectivity index (χ1) is 7.45. The van der Waals surface area contributed by atoms with Crippen LogP contribution in [0.1, 0.15) is 44.9 Å². The average Bonchev–Trinajstić information content (AvgIpc) is 2.64. The molecule has 0 aliphatic rings. The third-order valence-electron chi connectivity index (χ3n) is 2.43. The topological polar surface area (TPSA) is 74.2 Å². The summed E-state index contributed by atoms with van der Waals surface area (Å²) < 4.78 is 10.1. The second kappa shape index (κ2) is 5.41. The van der Waals surface area contributed by atoms with E-state index in [1.165, 1.54) is 0 Å². The molecule has 0 aromatic carbocycles. The van der Waals surface area contributed by atoms with Crippen LogP contribution in [0.5, 0.6) is 0 Å². The van der Waals surface area contributed by atoms with Gasteiger partial charge >= 0.3 is 0 Å². The fourth-order valence-corrected chi connectivity index (χ4v) is 1.24. The number of ether oxygens (including phenoxy) is 1. The highest BCUT2D eigenvalue weighted by Gasteiger charge is 2.27. The van der Waals surface area contributed by atoms with Crippen LogP contribution in [0.2, 0.25) is 0 Å². The molecule has 0 amide bonds. The van der Waals surface area contributed by atoms with Gasteiger partial charge in [-0.15, -0.1) is 0 Å². The largest absolute Gasteiger partial charge is 0.385 e. The van der Waals surface area contributed by atoms with E-state index in [1.807, 2.05) is 20.8 Å². The van der Waals surface area contributed by atoms with Gasteiger partial charge in [0.05, 0.1) is 6.04 Å². The maximum atomic E-state index is 6.02. The number of nitrogens with zero attached hydrogens (tertiary/aromatic N) is 2. The van der Waals surface area contributed by atoms with E-state index in [4.69, 9.17) is 15.0 Å². The number of nitrogens with two attached hydrogens (primary N) is 1. The molecule has 92 valence electrons. The van der Waals surface area contributed by atoms with Gasteiger partial charge in [-0.3, -0.25) is 0 Å². The summed E-state index contributed by atoms with van der Waals surface area (Å²) in [5.41, 5.74) is 5.95. The van der Waals surface area contributed by atoms with E-state index in [9.17, 15) is 0 Å². The molecule has 1 atom stereocenters. The Labute approximate surface area is 96.4 Å². The standard InChI is InChI=1S/C11H21N3O2/c1-11(2,3)9(12)10-13-8(14-16-10)6-5-7-15-4/h9H,5-7,12H2,1-4H3/t9-/m1/s1. The Morgan fingerprint density at radius 2 is 2.12 bits per heavy atom. The van der Waals surface area contributed by atoms with Crippen LogP contribution in [0, 0.1) is 5.41 Å². The first kappa shape index (κ1) is 13.1. The van der Waals surface area contributed by atoms with Crippen LogP contribution in [0.3, 0.4) is 0 Å². The SMILES string of the molecule is COCCCc1noc([C@@H](N)C(C)(C)C)n1. The fraction of sp³-hybridized carbons (Fsp3) is 0.818. The quantitative estimate of drug-likeness (QED) is 0.775.